The Balaban J connectivity index is 1.75. The van der Waals surface area contributed by atoms with Gasteiger partial charge in [0.2, 0.25) is 0 Å². The topological polar surface area (TPSA) is 63.3 Å². The zero-order valence-corrected chi connectivity index (χ0v) is 13.8. The number of aliphatic hydroxyl groups is 1. The van der Waals surface area contributed by atoms with Crippen molar-refractivity contribution in [1.82, 2.24) is 19.0 Å². The van der Waals surface area contributed by atoms with Gasteiger partial charge in [0.15, 0.2) is 0 Å². The molecule has 0 aliphatic carbocycles. The number of para-hydroxylation sites is 1. The Kier molecular flexibility index (Phi) is 3.42. The van der Waals surface area contributed by atoms with Crippen molar-refractivity contribution in [2.24, 2.45) is 14.1 Å². The summed E-state index contributed by atoms with van der Waals surface area (Å²) in [5.41, 5.74) is 3.70. The zero-order valence-electron chi connectivity index (χ0n) is 13.8. The van der Waals surface area contributed by atoms with Crippen LogP contribution in [0.5, 0.6) is 0 Å². The van der Waals surface area contributed by atoms with Crippen LogP contribution >= 0.6 is 0 Å². The third-order valence-electron chi connectivity index (χ3n) is 4.93. The molecule has 0 fully saturated rings. The average molecular weight is 324 g/mol. The van der Waals surface area contributed by atoms with Gasteiger partial charge >= 0.3 is 0 Å². The fraction of sp³-hybridized carbons (Fsp3) is 0.333. The molecule has 2 aromatic heterocycles. The predicted molar refractivity (Wildman–Crippen MR) is 90.6 cm³/mol. The number of nitrogens with zero attached hydrogens (tertiary/aromatic N) is 4. The number of aromatic nitrogens is 3. The molecule has 124 valence electrons. The lowest BCUT2D eigenvalue weighted by atomic mass is 10.0. The van der Waals surface area contributed by atoms with Gasteiger partial charge in [-0.2, -0.15) is 0 Å². The van der Waals surface area contributed by atoms with Crippen LogP contribution < -0.4 is 0 Å². The second-order valence-corrected chi connectivity index (χ2v) is 6.39. The fourth-order valence-electron chi connectivity index (χ4n) is 3.59. The second-order valence-electron chi connectivity index (χ2n) is 6.39. The minimum atomic E-state index is -0.223. The smallest absolute Gasteiger partial charge is 0.256 e. The van der Waals surface area contributed by atoms with Crippen molar-refractivity contribution in [2.75, 3.05) is 6.61 Å². The van der Waals surface area contributed by atoms with Gasteiger partial charge in [0.25, 0.3) is 5.91 Å². The standard InChI is InChI=1S/C18H20N4O2/c1-20-8-14(13-5-3-4-6-16(13)20)18(24)22-9-15-17(7-12(22)10-23)21(2)11-19-15/h3-6,8,11-12,23H,7,9-10H2,1-2H3/t12-/m0/s1. The van der Waals surface area contributed by atoms with E-state index in [0.717, 1.165) is 22.3 Å². The Hall–Kier alpha value is -2.60. The largest absolute Gasteiger partial charge is 0.394 e. The molecular formula is C18H20N4O2. The Morgan fingerprint density at radius 2 is 2.08 bits per heavy atom. The summed E-state index contributed by atoms with van der Waals surface area (Å²) in [5, 5.41) is 10.7. The van der Waals surface area contributed by atoms with E-state index in [1.54, 1.807) is 11.2 Å². The molecule has 1 amide bonds. The minimum absolute atomic E-state index is 0.0536. The molecule has 1 aliphatic rings. The molecule has 0 unspecified atom stereocenters. The molecule has 1 N–H and O–H groups in total. The number of aryl methyl sites for hydroxylation is 2. The summed E-state index contributed by atoms with van der Waals surface area (Å²) in [6.07, 6.45) is 4.26. The van der Waals surface area contributed by atoms with Crippen molar-refractivity contribution < 1.29 is 9.90 Å². The van der Waals surface area contributed by atoms with Crippen LogP contribution in [0.25, 0.3) is 10.9 Å². The number of rotatable bonds is 2. The molecule has 1 atom stereocenters. The SMILES string of the molecule is Cn1cnc2c1C[C@@H](CO)N(C(=O)c1cn(C)c3ccccc13)C2. The van der Waals surface area contributed by atoms with Crippen molar-refractivity contribution in [3.8, 4) is 0 Å². The lowest BCUT2D eigenvalue weighted by Crippen LogP contribution is -2.46. The molecule has 0 spiro atoms. The molecule has 3 heterocycles. The van der Waals surface area contributed by atoms with E-state index in [-0.39, 0.29) is 18.6 Å². The number of amides is 1. The first-order valence-electron chi connectivity index (χ1n) is 8.05. The first-order chi connectivity index (χ1) is 11.6. The van der Waals surface area contributed by atoms with Gasteiger partial charge in [0.1, 0.15) is 0 Å². The Morgan fingerprint density at radius 3 is 2.88 bits per heavy atom. The summed E-state index contributed by atoms with van der Waals surface area (Å²) in [6, 6.07) is 7.65. The van der Waals surface area contributed by atoms with Crippen molar-refractivity contribution >= 4 is 16.8 Å². The van der Waals surface area contributed by atoms with Crippen LogP contribution in [0.4, 0.5) is 0 Å². The van der Waals surface area contributed by atoms with Crippen LogP contribution in [-0.4, -0.2) is 42.7 Å². The molecule has 0 radical (unpaired) electrons. The molecule has 24 heavy (non-hydrogen) atoms. The van der Waals surface area contributed by atoms with Gasteiger partial charge in [0, 0.05) is 43.3 Å². The summed E-state index contributed by atoms with van der Waals surface area (Å²) in [5.74, 6) is -0.0536. The molecule has 6 nitrogen and oxygen atoms in total. The van der Waals surface area contributed by atoms with E-state index in [2.05, 4.69) is 4.98 Å². The molecule has 4 rings (SSSR count). The van der Waals surface area contributed by atoms with Crippen molar-refractivity contribution in [1.29, 1.82) is 0 Å². The van der Waals surface area contributed by atoms with Crippen LogP contribution in [-0.2, 0) is 27.1 Å². The van der Waals surface area contributed by atoms with Gasteiger partial charge < -0.3 is 19.1 Å². The molecule has 6 heteroatoms. The normalized spacial score (nSPS) is 17.3. The Labute approximate surface area is 139 Å². The van der Waals surface area contributed by atoms with Gasteiger partial charge in [-0.1, -0.05) is 18.2 Å². The van der Waals surface area contributed by atoms with Crippen molar-refractivity contribution in [2.45, 2.75) is 19.0 Å². The summed E-state index contributed by atoms with van der Waals surface area (Å²) in [7, 11) is 3.89. The van der Waals surface area contributed by atoms with E-state index in [0.29, 0.717) is 18.5 Å². The van der Waals surface area contributed by atoms with Crippen LogP contribution in [0.15, 0.2) is 36.8 Å². The monoisotopic (exact) mass is 324 g/mol. The van der Waals surface area contributed by atoms with Gasteiger partial charge in [0.05, 0.1) is 36.8 Å². The van der Waals surface area contributed by atoms with Gasteiger partial charge in [-0.25, -0.2) is 4.98 Å². The predicted octanol–water partition coefficient (Wildman–Crippen LogP) is 1.47. The number of carbonyl (C=O) groups excluding carboxylic acids is 1. The highest BCUT2D eigenvalue weighted by molar-refractivity contribution is 6.07. The van der Waals surface area contributed by atoms with Gasteiger partial charge in [-0.15, -0.1) is 0 Å². The van der Waals surface area contributed by atoms with Crippen LogP contribution in [0.1, 0.15) is 21.7 Å². The third kappa shape index (κ3) is 2.14. The summed E-state index contributed by atoms with van der Waals surface area (Å²) in [6.45, 7) is 0.380. The minimum Gasteiger partial charge on any atom is -0.394 e. The van der Waals surface area contributed by atoms with Crippen molar-refractivity contribution in [3.05, 3.63) is 53.7 Å². The third-order valence-corrected chi connectivity index (χ3v) is 4.93. The fourth-order valence-corrected chi connectivity index (χ4v) is 3.59. The second kappa shape index (κ2) is 5.49. The number of fused-ring (bicyclic) bond motifs is 2. The number of aliphatic hydroxyl groups excluding tert-OH is 1. The first kappa shape index (κ1) is 15.0. The number of benzene rings is 1. The Morgan fingerprint density at radius 1 is 1.29 bits per heavy atom. The van der Waals surface area contributed by atoms with Gasteiger partial charge in [-0.05, 0) is 6.07 Å². The lowest BCUT2D eigenvalue weighted by molar-refractivity contribution is 0.0538. The zero-order chi connectivity index (χ0) is 16.8. The van der Waals surface area contributed by atoms with E-state index < -0.39 is 0 Å². The van der Waals surface area contributed by atoms with E-state index in [1.807, 2.05) is 53.7 Å². The highest BCUT2D eigenvalue weighted by Gasteiger charge is 2.33. The molecule has 1 aliphatic heterocycles. The highest BCUT2D eigenvalue weighted by Crippen LogP contribution is 2.27. The highest BCUT2D eigenvalue weighted by atomic mass is 16.3. The maximum atomic E-state index is 13.2. The summed E-state index contributed by atoms with van der Waals surface area (Å²) in [4.78, 5) is 19.3. The number of hydrogen-bond donors (Lipinski definition) is 1. The maximum Gasteiger partial charge on any atom is 0.256 e. The van der Waals surface area contributed by atoms with E-state index in [4.69, 9.17) is 0 Å². The molecule has 0 saturated heterocycles. The molecule has 1 aromatic carbocycles. The van der Waals surface area contributed by atoms with Crippen LogP contribution in [0.2, 0.25) is 0 Å². The summed E-state index contributed by atoms with van der Waals surface area (Å²) < 4.78 is 3.93. The maximum absolute atomic E-state index is 13.2. The van der Waals surface area contributed by atoms with Crippen molar-refractivity contribution in [3.63, 3.8) is 0 Å². The van der Waals surface area contributed by atoms with E-state index in [1.165, 1.54) is 0 Å². The first-order valence-corrected chi connectivity index (χ1v) is 8.05. The van der Waals surface area contributed by atoms with E-state index >= 15 is 0 Å². The number of carbonyl (C=O) groups is 1. The molecule has 0 saturated carbocycles. The summed E-state index contributed by atoms with van der Waals surface area (Å²) >= 11 is 0. The quantitative estimate of drug-likeness (QED) is 0.776. The van der Waals surface area contributed by atoms with Crippen LogP contribution in [0.3, 0.4) is 0 Å². The molecule has 3 aromatic rings. The van der Waals surface area contributed by atoms with Gasteiger partial charge in [-0.3, -0.25) is 4.79 Å². The lowest BCUT2D eigenvalue weighted by Gasteiger charge is -2.34. The number of hydrogen-bond acceptors (Lipinski definition) is 3. The van der Waals surface area contributed by atoms with Crippen LogP contribution in [0, 0.1) is 0 Å². The number of imidazole rings is 1. The average Bonchev–Trinajstić information content (AvgIpc) is 3.14. The van der Waals surface area contributed by atoms with E-state index in [9.17, 15) is 9.90 Å². The Bertz CT molecular complexity index is 924. The molecule has 0 bridgehead atoms. The molecular weight excluding hydrogens is 304 g/mol.